The van der Waals surface area contributed by atoms with Crippen molar-refractivity contribution in [3.63, 3.8) is 0 Å². The van der Waals surface area contributed by atoms with Gasteiger partial charge in [-0.1, -0.05) is 38.3 Å². The molecule has 3 N–H and O–H groups in total. The zero-order valence-electron chi connectivity index (χ0n) is 11.9. The molecule has 0 saturated carbocycles. The van der Waals surface area contributed by atoms with Crippen LogP contribution in [0.25, 0.3) is 0 Å². The van der Waals surface area contributed by atoms with Gasteiger partial charge in [-0.3, -0.25) is 0 Å². The topological polar surface area (TPSA) is 61.4 Å². The maximum absolute atomic E-state index is 13.5. The van der Waals surface area contributed by atoms with Gasteiger partial charge in [-0.25, -0.2) is 13.6 Å². The molecule has 0 spiro atoms. The highest BCUT2D eigenvalue weighted by atomic mass is 35.5. The number of amides is 2. The van der Waals surface area contributed by atoms with Crippen LogP contribution in [0.3, 0.4) is 0 Å². The van der Waals surface area contributed by atoms with Crippen LogP contribution < -0.4 is 10.6 Å². The van der Waals surface area contributed by atoms with Crippen molar-refractivity contribution in [3.8, 4) is 0 Å². The highest BCUT2D eigenvalue weighted by Gasteiger charge is 2.18. The number of hydrogen-bond acceptors (Lipinski definition) is 2. The number of halogens is 3. The van der Waals surface area contributed by atoms with Crippen molar-refractivity contribution in [1.29, 1.82) is 0 Å². The van der Waals surface area contributed by atoms with E-state index in [-0.39, 0.29) is 17.5 Å². The van der Waals surface area contributed by atoms with E-state index in [1.165, 1.54) is 0 Å². The highest BCUT2D eigenvalue weighted by Crippen LogP contribution is 2.23. The first kappa shape index (κ1) is 17.7. The zero-order valence-corrected chi connectivity index (χ0v) is 12.7. The monoisotopic (exact) mass is 320 g/mol. The smallest absolute Gasteiger partial charge is 0.319 e. The first-order chi connectivity index (χ1) is 9.88. The lowest BCUT2D eigenvalue weighted by Gasteiger charge is -2.20. The third-order valence-electron chi connectivity index (χ3n) is 3.31. The van der Waals surface area contributed by atoms with Crippen LogP contribution in [0, 0.1) is 17.6 Å². The second-order valence-electron chi connectivity index (χ2n) is 4.72. The van der Waals surface area contributed by atoms with Gasteiger partial charge < -0.3 is 15.7 Å². The van der Waals surface area contributed by atoms with Crippen molar-refractivity contribution in [2.24, 2.45) is 5.92 Å². The molecule has 0 aliphatic rings. The van der Waals surface area contributed by atoms with Gasteiger partial charge in [-0.2, -0.15) is 0 Å². The van der Waals surface area contributed by atoms with Gasteiger partial charge in [-0.15, -0.1) is 0 Å². The molecule has 0 heterocycles. The molecule has 0 fully saturated rings. The van der Waals surface area contributed by atoms with Gasteiger partial charge in [0.05, 0.1) is 6.10 Å². The summed E-state index contributed by atoms with van der Waals surface area (Å²) in [7, 11) is 0. The van der Waals surface area contributed by atoms with Crippen LogP contribution in [0.15, 0.2) is 12.1 Å². The summed E-state index contributed by atoms with van der Waals surface area (Å²) < 4.78 is 27.0. The molecule has 21 heavy (non-hydrogen) atoms. The van der Waals surface area contributed by atoms with E-state index in [0.717, 1.165) is 25.0 Å². The maximum atomic E-state index is 13.5. The van der Waals surface area contributed by atoms with E-state index in [2.05, 4.69) is 10.6 Å². The van der Waals surface area contributed by atoms with Crippen LogP contribution >= 0.6 is 11.6 Å². The number of nitrogens with one attached hydrogen (secondary N) is 2. The molecule has 2 amide bonds. The van der Waals surface area contributed by atoms with Crippen molar-refractivity contribution in [2.45, 2.75) is 32.8 Å². The molecule has 0 aromatic heterocycles. The minimum absolute atomic E-state index is 0.00894. The Morgan fingerprint density at radius 1 is 1.29 bits per heavy atom. The number of carbonyl (C=O) groups is 1. The van der Waals surface area contributed by atoms with E-state index >= 15 is 0 Å². The second-order valence-corrected chi connectivity index (χ2v) is 5.16. The molecule has 1 rings (SSSR count). The average molecular weight is 321 g/mol. The van der Waals surface area contributed by atoms with Crippen LogP contribution in [0.1, 0.15) is 26.7 Å². The van der Waals surface area contributed by atoms with Crippen LogP contribution in [-0.2, 0) is 0 Å². The lowest BCUT2D eigenvalue weighted by atomic mass is 9.97. The molecule has 118 valence electrons. The molecule has 1 aromatic carbocycles. The Morgan fingerprint density at radius 3 is 2.29 bits per heavy atom. The molecule has 1 aromatic rings. The Morgan fingerprint density at radius 2 is 1.81 bits per heavy atom. The molecule has 1 atom stereocenters. The van der Waals surface area contributed by atoms with Crippen LogP contribution in [0.2, 0.25) is 5.02 Å². The number of benzene rings is 1. The van der Waals surface area contributed by atoms with E-state index in [4.69, 9.17) is 11.6 Å². The zero-order chi connectivity index (χ0) is 16.0. The minimum atomic E-state index is -0.962. The number of anilines is 1. The fraction of sp³-hybridized carbons (Fsp3) is 0.500. The summed E-state index contributed by atoms with van der Waals surface area (Å²) >= 11 is 5.49. The van der Waals surface area contributed by atoms with E-state index < -0.39 is 29.5 Å². The second kappa shape index (κ2) is 8.14. The minimum Gasteiger partial charge on any atom is -0.391 e. The molecule has 0 radical (unpaired) electrons. The Hall–Kier alpha value is -1.40. The molecular formula is C14H19ClF2N2O2. The first-order valence-electron chi connectivity index (χ1n) is 6.76. The summed E-state index contributed by atoms with van der Waals surface area (Å²) in [5.41, 5.74) is -0.575. The molecule has 7 heteroatoms. The molecule has 1 unspecified atom stereocenters. The lowest BCUT2D eigenvalue weighted by Crippen LogP contribution is -2.38. The van der Waals surface area contributed by atoms with Crippen molar-refractivity contribution in [3.05, 3.63) is 28.8 Å². The largest absolute Gasteiger partial charge is 0.391 e. The van der Waals surface area contributed by atoms with E-state index in [9.17, 15) is 18.7 Å². The number of aliphatic hydroxyl groups is 1. The molecule has 0 aliphatic carbocycles. The summed E-state index contributed by atoms with van der Waals surface area (Å²) in [5, 5.41) is 14.2. The van der Waals surface area contributed by atoms with Crippen molar-refractivity contribution >= 4 is 23.3 Å². The van der Waals surface area contributed by atoms with Crippen molar-refractivity contribution in [1.82, 2.24) is 5.32 Å². The molecule has 4 nitrogen and oxygen atoms in total. The summed E-state index contributed by atoms with van der Waals surface area (Å²) in [6.45, 7) is 3.89. The molecule has 0 aliphatic heterocycles. The Balaban J connectivity index is 2.59. The standard InChI is InChI=1S/C14H19ClF2N2O2/c1-3-8(4-2)12(20)7-18-14(21)19-13-10(16)5-9(15)6-11(13)17/h5-6,8,12,20H,3-4,7H2,1-2H3,(H2,18,19,21). The maximum Gasteiger partial charge on any atom is 0.319 e. The first-order valence-corrected chi connectivity index (χ1v) is 7.14. The summed E-state index contributed by atoms with van der Waals surface area (Å²) in [6.07, 6.45) is 0.855. The average Bonchev–Trinajstić information content (AvgIpc) is 2.42. The highest BCUT2D eigenvalue weighted by molar-refractivity contribution is 6.30. The van der Waals surface area contributed by atoms with Gasteiger partial charge in [0, 0.05) is 11.6 Å². The number of rotatable bonds is 6. The quantitative estimate of drug-likeness (QED) is 0.751. The van der Waals surface area contributed by atoms with E-state index in [1.54, 1.807) is 0 Å². The van der Waals surface area contributed by atoms with Gasteiger partial charge >= 0.3 is 6.03 Å². The number of urea groups is 1. The number of hydrogen-bond donors (Lipinski definition) is 3. The predicted octanol–water partition coefficient (Wildman–Crippen LogP) is 3.54. The third-order valence-corrected chi connectivity index (χ3v) is 3.53. The number of carbonyl (C=O) groups excluding carboxylic acids is 1. The predicted molar refractivity (Wildman–Crippen MR) is 78.5 cm³/mol. The summed E-state index contributed by atoms with van der Waals surface area (Å²) in [6, 6.07) is 1.01. The fourth-order valence-corrected chi connectivity index (χ4v) is 2.21. The van der Waals surface area contributed by atoms with Gasteiger partial charge in [0.1, 0.15) is 5.69 Å². The van der Waals surface area contributed by atoms with Gasteiger partial charge in [0.15, 0.2) is 11.6 Å². The number of aliphatic hydroxyl groups excluding tert-OH is 1. The fourth-order valence-electron chi connectivity index (χ4n) is 2.02. The Bertz CT molecular complexity index is 473. The Kier molecular flexibility index (Phi) is 6.84. The van der Waals surface area contributed by atoms with Crippen LogP contribution in [0.5, 0.6) is 0 Å². The molecule has 0 bridgehead atoms. The lowest BCUT2D eigenvalue weighted by molar-refractivity contribution is 0.104. The van der Waals surface area contributed by atoms with Crippen LogP contribution in [-0.4, -0.2) is 23.8 Å². The Labute approximate surface area is 127 Å². The summed E-state index contributed by atoms with van der Waals surface area (Å²) in [5.74, 6) is -1.86. The molecular weight excluding hydrogens is 302 g/mol. The van der Waals surface area contributed by atoms with Crippen molar-refractivity contribution < 1.29 is 18.7 Å². The van der Waals surface area contributed by atoms with Gasteiger partial charge in [-0.05, 0) is 18.1 Å². The normalized spacial score (nSPS) is 12.3. The van der Waals surface area contributed by atoms with E-state index in [0.29, 0.717) is 0 Å². The summed E-state index contributed by atoms with van der Waals surface area (Å²) in [4.78, 5) is 11.6. The third kappa shape index (κ3) is 5.13. The van der Waals surface area contributed by atoms with Gasteiger partial charge in [0.2, 0.25) is 0 Å². The molecule has 0 saturated heterocycles. The van der Waals surface area contributed by atoms with Crippen molar-refractivity contribution in [2.75, 3.05) is 11.9 Å². The van der Waals surface area contributed by atoms with Crippen LogP contribution in [0.4, 0.5) is 19.3 Å². The SMILES string of the molecule is CCC(CC)C(O)CNC(=O)Nc1c(F)cc(Cl)cc1F. The van der Waals surface area contributed by atoms with Gasteiger partial charge in [0.25, 0.3) is 0 Å². The van der Waals surface area contributed by atoms with E-state index in [1.807, 2.05) is 13.8 Å².